The number of nitrogens with one attached hydrogen (secondary N) is 1. The maximum Gasteiger partial charge on any atom is 0.472 e. The fourth-order valence-electron chi connectivity index (χ4n) is 5.27. The fourth-order valence-corrected chi connectivity index (χ4v) is 7.23. The standard InChI is InChI=1S/C20H21BF2N10O10P2/c21-44(35)38-1-6-13(9(23)18(40-6)32-4-28-10-14(24)26-3-27-15(10)32)43-45(36,37)39-2-7-12(42-44)8(22)19(41-7)33-5-29-11-16(33)30-20(25)31-17(11)34/h3-9,12-13,18-19H,1-2H2,(H,36,37)(H2,24,26,27)(H3,25,30,31,34)/t6-,7-,8-,9-,12-,13-,18-,19-,44?/m1/s1. The summed E-state index contributed by atoms with van der Waals surface area (Å²) in [6.45, 7) is -1.71. The Morgan fingerprint density at radius 1 is 0.911 bits per heavy atom. The summed E-state index contributed by atoms with van der Waals surface area (Å²) in [6, 6.07) is 0. The first-order valence-electron chi connectivity index (χ1n) is 12.9. The molecule has 10 atom stereocenters. The molecule has 2 unspecified atom stereocenters. The van der Waals surface area contributed by atoms with Gasteiger partial charge in [-0.3, -0.25) is 32.5 Å². The van der Waals surface area contributed by atoms with Crippen molar-refractivity contribution in [1.82, 2.24) is 39.0 Å². The van der Waals surface area contributed by atoms with Crippen LogP contribution in [0.15, 0.2) is 23.8 Å². The minimum absolute atomic E-state index is 0.00385. The maximum atomic E-state index is 15.9. The number of H-pyrrole nitrogens is 1. The first kappa shape index (κ1) is 30.3. The van der Waals surface area contributed by atoms with Crippen molar-refractivity contribution in [2.75, 3.05) is 24.7 Å². The summed E-state index contributed by atoms with van der Waals surface area (Å²) in [4.78, 5) is 44.7. The normalized spacial score (nSPS) is 37.7. The van der Waals surface area contributed by atoms with Gasteiger partial charge in [0.2, 0.25) is 13.5 Å². The minimum Gasteiger partial charge on any atom is -0.382 e. The number of aromatic amines is 1. The van der Waals surface area contributed by atoms with Gasteiger partial charge >= 0.3 is 7.82 Å². The number of hydrogen-bond donors (Lipinski definition) is 4. The van der Waals surface area contributed by atoms with E-state index < -0.39 is 83.3 Å². The van der Waals surface area contributed by atoms with E-state index in [1.54, 1.807) is 0 Å². The lowest BCUT2D eigenvalue weighted by atomic mass is 10.1. The van der Waals surface area contributed by atoms with Crippen LogP contribution in [-0.4, -0.2) is 101 Å². The van der Waals surface area contributed by atoms with Crippen molar-refractivity contribution in [2.45, 2.75) is 49.2 Å². The third kappa shape index (κ3) is 5.32. The van der Waals surface area contributed by atoms with E-state index in [9.17, 15) is 18.8 Å². The zero-order valence-electron chi connectivity index (χ0n) is 22.4. The Hall–Kier alpha value is -3.40. The summed E-state index contributed by atoms with van der Waals surface area (Å²) < 4.78 is 92.3. The number of ether oxygens (including phenoxy) is 2. The van der Waals surface area contributed by atoms with Gasteiger partial charge in [-0.25, -0.2) is 33.3 Å². The van der Waals surface area contributed by atoms with Gasteiger partial charge in [0.1, 0.15) is 36.3 Å². The van der Waals surface area contributed by atoms with Crippen LogP contribution in [0, 0.1) is 0 Å². The lowest BCUT2D eigenvalue weighted by Crippen LogP contribution is -2.37. The van der Waals surface area contributed by atoms with E-state index in [4.69, 9.17) is 46.6 Å². The lowest BCUT2D eigenvalue weighted by Gasteiger charge is -2.28. The van der Waals surface area contributed by atoms with Crippen LogP contribution in [0.25, 0.3) is 22.3 Å². The molecule has 0 bridgehead atoms. The number of halogens is 2. The maximum absolute atomic E-state index is 15.9. The summed E-state index contributed by atoms with van der Waals surface area (Å²) in [5.41, 5.74) is 10.5. The zero-order chi connectivity index (χ0) is 31.8. The molecule has 2 radical (unpaired) electrons. The van der Waals surface area contributed by atoms with Crippen LogP contribution in [0.1, 0.15) is 12.5 Å². The van der Waals surface area contributed by atoms with Gasteiger partial charge in [0.05, 0.1) is 25.9 Å². The van der Waals surface area contributed by atoms with Gasteiger partial charge in [0.15, 0.2) is 47.4 Å². The molecule has 6 N–H and O–H groups in total. The van der Waals surface area contributed by atoms with Gasteiger partial charge in [-0.15, -0.1) is 0 Å². The minimum atomic E-state index is -5.14. The van der Waals surface area contributed by atoms with Crippen LogP contribution < -0.4 is 17.0 Å². The van der Waals surface area contributed by atoms with Crippen LogP contribution >= 0.6 is 15.3 Å². The number of nitrogens with zero attached hydrogens (tertiary/aromatic N) is 7. The second-order valence-corrected chi connectivity index (χ2v) is 13.1. The molecule has 0 amide bonds. The van der Waals surface area contributed by atoms with E-state index in [1.807, 2.05) is 0 Å². The second kappa shape index (κ2) is 10.9. The molecule has 3 aliphatic rings. The number of alkyl halides is 2. The molecule has 25 heteroatoms. The van der Waals surface area contributed by atoms with Crippen molar-refractivity contribution in [3.63, 3.8) is 0 Å². The molecule has 0 aliphatic carbocycles. The fraction of sp³-hybridized carbons (Fsp3) is 0.500. The first-order chi connectivity index (χ1) is 21.3. The molecule has 238 valence electrons. The number of rotatable bonds is 2. The summed E-state index contributed by atoms with van der Waals surface area (Å²) >= 11 is 0. The Morgan fingerprint density at radius 3 is 2.20 bits per heavy atom. The number of phosphoric acid groups is 1. The van der Waals surface area contributed by atoms with E-state index in [0.717, 1.165) is 28.1 Å². The molecule has 0 aromatic carbocycles. The van der Waals surface area contributed by atoms with E-state index in [1.165, 1.54) is 0 Å². The molecule has 3 saturated heterocycles. The second-order valence-electron chi connectivity index (χ2n) is 10.1. The SMILES string of the molecule is [B]P1(=O)OC[C@H]2O[C@@H](n3cnc4c(N)ncnc43)[C@H](F)[C@@H]2OP(=O)(O)OC[C@H]2O[C@@H](n3cnc4c(=O)[nH]c(N)nc43)[C@H](F)[C@@H]2O1. The predicted molar refractivity (Wildman–Crippen MR) is 145 cm³/mol. The van der Waals surface area contributed by atoms with Crippen LogP contribution in [-0.2, 0) is 36.7 Å². The highest BCUT2D eigenvalue weighted by molar-refractivity contribution is 7.79. The number of aromatic nitrogens is 8. The van der Waals surface area contributed by atoms with Crippen LogP contribution in [0.2, 0.25) is 0 Å². The van der Waals surface area contributed by atoms with Crippen molar-refractivity contribution in [3.8, 4) is 0 Å². The van der Waals surface area contributed by atoms with Gasteiger partial charge in [-0.2, -0.15) is 4.98 Å². The molecule has 7 rings (SSSR count). The average molecular weight is 672 g/mol. The highest BCUT2D eigenvalue weighted by atomic mass is 31.2. The van der Waals surface area contributed by atoms with Crippen molar-refractivity contribution in [2.24, 2.45) is 0 Å². The monoisotopic (exact) mass is 672 g/mol. The largest absolute Gasteiger partial charge is 0.472 e. The number of fused-ring (bicyclic) bond motifs is 4. The number of anilines is 2. The number of imidazole rings is 2. The van der Waals surface area contributed by atoms with Crippen molar-refractivity contribution in [1.29, 1.82) is 0 Å². The third-order valence-corrected chi connectivity index (χ3v) is 9.30. The van der Waals surface area contributed by atoms with Crippen LogP contribution in [0.4, 0.5) is 20.5 Å². The number of hydrogen-bond acceptors (Lipinski definition) is 16. The van der Waals surface area contributed by atoms with Crippen LogP contribution in [0.3, 0.4) is 0 Å². The summed E-state index contributed by atoms with van der Waals surface area (Å²) in [5, 5.41) is 0. The smallest absolute Gasteiger partial charge is 0.382 e. The predicted octanol–water partition coefficient (Wildman–Crippen LogP) is -0.211. The topological polar surface area (TPSA) is 269 Å². The summed E-state index contributed by atoms with van der Waals surface area (Å²) in [6.07, 6.45) is -11.0. The molecular weight excluding hydrogens is 651 g/mol. The molecule has 4 aromatic heterocycles. The van der Waals surface area contributed by atoms with Crippen molar-refractivity contribution in [3.05, 3.63) is 29.3 Å². The Labute approximate surface area is 249 Å². The lowest BCUT2D eigenvalue weighted by molar-refractivity contribution is -0.0607. The van der Waals surface area contributed by atoms with Crippen molar-refractivity contribution >= 4 is 57.0 Å². The van der Waals surface area contributed by atoms with E-state index >= 15 is 8.78 Å². The molecule has 0 saturated carbocycles. The number of phosphoric ester groups is 1. The number of nitrogens with two attached hydrogens (primary N) is 2. The quantitative estimate of drug-likeness (QED) is 0.158. The molecular formula is C20H21BF2N10O10P2. The Bertz CT molecular complexity index is 1950. The van der Waals surface area contributed by atoms with Gasteiger partial charge in [0, 0.05) is 0 Å². The first-order valence-corrected chi connectivity index (χ1v) is 16.0. The van der Waals surface area contributed by atoms with Gasteiger partial charge < -0.3 is 34.9 Å². The van der Waals surface area contributed by atoms with E-state index in [2.05, 4.69) is 29.9 Å². The molecule has 3 aliphatic heterocycles. The van der Waals surface area contributed by atoms with Gasteiger partial charge in [0.25, 0.3) is 13.0 Å². The molecule has 4 aromatic rings. The third-order valence-electron chi connectivity index (χ3n) is 7.26. The molecule has 3 fully saturated rings. The summed E-state index contributed by atoms with van der Waals surface area (Å²) in [5.74, 6) is -0.295. The Balaban J connectivity index is 1.17. The molecule has 20 nitrogen and oxygen atoms in total. The van der Waals surface area contributed by atoms with E-state index in [-0.39, 0.29) is 34.1 Å². The Kier molecular flexibility index (Phi) is 7.30. The molecule has 0 spiro atoms. The van der Waals surface area contributed by atoms with E-state index in [0.29, 0.717) is 0 Å². The molecule has 45 heavy (non-hydrogen) atoms. The highest BCUT2D eigenvalue weighted by Gasteiger charge is 2.54. The molecule has 7 heterocycles. The highest BCUT2D eigenvalue weighted by Crippen LogP contribution is 2.54. The Morgan fingerprint density at radius 2 is 1.51 bits per heavy atom. The number of nitrogen functional groups attached to an aromatic ring is 2. The van der Waals surface area contributed by atoms with Crippen LogP contribution in [0.5, 0.6) is 0 Å². The average Bonchev–Trinajstić information content (AvgIpc) is 3.72. The zero-order valence-corrected chi connectivity index (χ0v) is 24.2. The summed E-state index contributed by atoms with van der Waals surface area (Å²) in [7, 11) is -4.04. The van der Waals surface area contributed by atoms with Crippen molar-refractivity contribution < 1.29 is 50.4 Å². The van der Waals surface area contributed by atoms with Gasteiger partial charge in [-0.05, 0) is 0 Å². The van der Waals surface area contributed by atoms with Gasteiger partial charge in [-0.1, -0.05) is 0 Å².